The molecular weight excluding hydrogens is 280 g/mol. The summed E-state index contributed by atoms with van der Waals surface area (Å²) in [6.07, 6.45) is 3.23. The summed E-state index contributed by atoms with van der Waals surface area (Å²) in [4.78, 5) is 12.0. The van der Waals surface area contributed by atoms with Crippen LogP contribution in [0.5, 0.6) is 0 Å². The van der Waals surface area contributed by atoms with Crippen molar-refractivity contribution in [2.24, 2.45) is 0 Å². The van der Waals surface area contributed by atoms with Crippen molar-refractivity contribution in [1.82, 2.24) is 5.32 Å². The van der Waals surface area contributed by atoms with Crippen molar-refractivity contribution in [3.05, 3.63) is 28.2 Å². The van der Waals surface area contributed by atoms with Gasteiger partial charge in [-0.05, 0) is 50.1 Å². The van der Waals surface area contributed by atoms with Gasteiger partial charge in [-0.3, -0.25) is 4.79 Å². The first-order valence-corrected chi connectivity index (χ1v) is 6.76. The zero-order valence-corrected chi connectivity index (χ0v) is 11.5. The van der Waals surface area contributed by atoms with Gasteiger partial charge in [-0.25, -0.2) is 0 Å². The lowest BCUT2D eigenvalue weighted by Crippen LogP contribution is -2.43. The highest BCUT2D eigenvalue weighted by molar-refractivity contribution is 9.10. The number of hydrogen-bond acceptors (Lipinski definition) is 2. The molecule has 0 spiro atoms. The third-order valence-corrected chi connectivity index (χ3v) is 3.94. The van der Waals surface area contributed by atoms with E-state index < -0.39 is 0 Å². The molecule has 3 nitrogen and oxygen atoms in total. The SMILES string of the molecule is Cc1cc(NC(=O)C2CCCCN2)ccc1Br. The fourth-order valence-electron chi connectivity index (χ4n) is 2.03. The zero-order chi connectivity index (χ0) is 12.3. The number of halogens is 1. The van der Waals surface area contributed by atoms with Crippen LogP contribution in [0.4, 0.5) is 5.69 Å². The van der Waals surface area contributed by atoms with Crippen LogP contribution in [0.15, 0.2) is 22.7 Å². The van der Waals surface area contributed by atoms with Gasteiger partial charge >= 0.3 is 0 Å². The van der Waals surface area contributed by atoms with Crippen LogP contribution in [-0.4, -0.2) is 18.5 Å². The lowest BCUT2D eigenvalue weighted by molar-refractivity contribution is -0.118. The molecule has 1 aliphatic rings. The molecule has 1 heterocycles. The summed E-state index contributed by atoms with van der Waals surface area (Å²) in [7, 11) is 0. The average Bonchev–Trinajstić information content (AvgIpc) is 2.35. The van der Waals surface area contributed by atoms with Crippen LogP contribution in [-0.2, 0) is 4.79 Å². The van der Waals surface area contributed by atoms with Crippen molar-refractivity contribution >= 4 is 27.5 Å². The molecule has 4 heteroatoms. The number of hydrogen-bond donors (Lipinski definition) is 2. The van der Waals surface area contributed by atoms with E-state index in [0.717, 1.165) is 35.1 Å². The van der Waals surface area contributed by atoms with Crippen LogP contribution in [0.25, 0.3) is 0 Å². The first-order valence-electron chi connectivity index (χ1n) is 5.97. The minimum Gasteiger partial charge on any atom is -0.325 e. The fourth-order valence-corrected chi connectivity index (χ4v) is 2.27. The summed E-state index contributed by atoms with van der Waals surface area (Å²) >= 11 is 3.45. The molecule has 1 unspecified atom stereocenters. The topological polar surface area (TPSA) is 41.1 Å². The van der Waals surface area contributed by atoms with Crippen molar-refractivity contribution < 1.29 is 4.79 Å². The lowest BCUT2D eigenvalue weighted by atomic mass is 10.0. The summed E-state index contributed by atoms with van der Waals surface area (Å²) in [5.74, 6) is 0.0754. The highest BCUT2D eigenvalue weighted by Gasteiger charge is 2.20. The van der Waals surface area contributed by atoms with Crippen molar-refractivity contribution in [2.75, 3.05) is 11.9 Å². The van der Waals surface area contributed by atoms with Crippen molar-refractivity contribution in [3.63, 3.8) is 0 Å². The van der Waals surface area contributed by atoms with Gasteiger partial charge in [-0.15, -0.1) is 0 Å². The van der Waals surface area contributed by atoms with E-state index >= 15 is 0 Å². The second-order valence-corrected chi connectivity index (χ2v) is 5.31. The molecule has 0 radical (unpaired) electrons. The molecule has 0 bridgehead atoms. The van der Waals surface area contributed by atoms with Gasteiger partial charge in [0.15, 0.2) is 0 Å². The van der Waals surface area contributed by atoms with Gasteiger partial charge in [0.2, 0.25) is 5.91 Å². The molecule has 92 valence electrons. The van der Waals surface area contributed by atoms with Gasteiger partial charge in [0.05, 0.1) is 6.04 Å². The summed E-state index contributed by atoms with van der Waals surface area (Å²) in [6.45, 7) is 2.95. The Hall–Kier alpha value is -0.870. The first-order chi connectivity index (χ1) is 8.16. The first kappa shape index (κ1) is 12.6. The molecule has 1 saturated heterocycles. The van der Waals surface area contributed by atoms with Crippen LogP contribution in [0, 0.1) is 6.92 Å². The van der Waals surface area contributed by atoms with E-state index in [1.165, 1.54) is 6.42 Å². The lowest BCUT2D eigenvalue weighted by Gasteiger charge is -2.22. The van der Waals surface area contributed by atoms with E-state index in [4.69, 9.17) is 0 Å². The smallest absolute Gasteiger partial charge is 0.241 e. The van der Waals surface area contributed by atoms with Gasteiger partial charge in [-0.1, -0.05) is 22.4 Å². The summed E-state index contributed by atoms with van der Waals surface area (Å²) in [6, 6.07) is 5.81. The zero-order valence-electron chi connectivity index (χ0n) is 9.92. The summed E-state index contributed by atoms with van der Waals surface area (Å²) < 4.78 is 1.06. The van der Waals surface area contributed by atoms with E-state index in [-0.39, 0.29) is 11.9 Å². The van der Waals surface area contributed by atoms with Crippen molar-refractivity contribution in [3.8, 4) is 0 Å². The Morgan fingerprint density at radius 1 is 1.47 bits per heavy atom. The standard InChI is InChI=1S/C13H17BrN2O/c1-9-8-10(5-6-11(9)14)16-13(17)12-4-2-3-7-15-12/h5-6,8,12,15H,2-4,7H2,1H3,(H,16,17). The predicted octanol–water partition coefficient (Wildman–Crippen LogP) is 2.84. The molecule has 2 rings (SSSR count). The largest absolute Gasteiger partial charge is 0.325 e. The van der Waals surface area contributed by atoms with E-state index in [0.29, 0.717) is 0 Å². The van der Waals surface area contributed by atoms with Crippen LogP contribution >= 0.6 is 15.9 Å². The van der Waals surface area contributed by atoms with E-state index in [1.807, 2.05) is 25.1 Å². The number of anilines is 1. The minimum absolute atomic E-state index is 0.0345. The number of benzene rings is 1. The normalized spacial score (nSPS) is 20.0. The molecule has 17 heavy (non-hydrogen) atoms. The third-order valence-electron chi connectivity index (χ3n) is 3.05. The molecule has 0 aromatic heterocycles. The molecular formula is C13H17BrN2O. The maximum atomic E-state index is 12.0. The van der Waals surface area contributed by atoms with E-state index in [2.05, 4.69) is 26.6 Å². The molecule has 1 amide bonds. The summed E-state index contributed by atoms with van der Waals surface area (Å²) in [5.41, 5.74) is 1.99. The molecule has 2 N–H and O–H groups in total. The Labute approximate surface area is 110 Å². The maximum absolute atomic E-state index is 12.0. The highest BCUT2D eigenvalue weighted by Crippen LogP contribution is 2.20. The quantitative estimate of drug-likeness (QED) is 0.881. The molecule has 1 aliphatic heterocycles. The maximum Gasteiger partial charge on any atom is 0.241 e. The van der Waals surface area contributed by atoms with Gasteiger partial charge < -0.3 is 10.6 Å². The van der Waals surface area contributed by atoms with Crippen LogP contribution in [0.3, 0.4) is 0 Å². The number of aryl methyl sites for hydroxylation is 1. The second-order valence-electron chi connectivity index (χ2n) is 4.46. The van der Waals surface area contributed by atoms with Gasteiger partial charge in [0, 0.05) is 10.2 Å². The minimum atomic E-state index is -0.0345. The Kier molecular flexibility index (Phi) is 4.18. The van der Waals surface area contributed by atoms with Crippen molar-refractivity contribution in [2.45, 2.75) is 32.2 Å². The van der Waals surface area contributed by atoms with Gasteiger partial charge in [0.1, 0.15) is 0 Å². The van der Waals surface area contributed by atoms with Crippen LogP contribution < -0.4 is 10.6 Å². The van der Waals surface area contributed by atoms with Crippen molar-refractivity contribution in [1.29, 1.82) is 0 Å². The molecule has 0 saturated carbocycles. The average molecular weight is 297 g/mol. The number of piperidine rings is 1. The Balaban J connectivity index is 1.99. The fraction of sp³-hybridized carbons (Fsp3) is 0.462. The molecule has 1 aromatic carbocycles. The van der Waals surface area contributed by atoms with E-state index in [1.54, 1.807) is 0 Å². The molecule has 1 aromatic rings. The number of rotatable bonds is 2. The molecule has 1 atom stereocenters. The van der Waals surface area contributed by atoms with Gasteiger partial charge in [0.25, 0.3) is 0 Å². The number of carbonyl (C=O) groups is 1. The number of carbonyl (C=O) groups excluding carboxylic acids is 1. The predicted molar refractivity (Wildman–Crippen MR) is 73.2 cm³/mol. The molecule has 1 fully saturated rings. The second kappa shape index (κ2) is 5.65. The third kappa shape index (κ3) is 3.30. The molecule has 0 aliphatic carbocycles. The van der Waals surface area contributed by atoms with Gasteiger partial charge in [-0.2, -0.15) is 0 Å². The monoisotopic (exact) mass is 296 g/mol. The Bertz CT molecular complexity index is 414. The summed E-state index contributed by atoms with van der Waals surface area (Å²) in [5, 5.41) is 6.20. The number of nitrogens with one attached hydrogen (secondary N) is 2. The number of amides is 1. The highest BCUT2D eigenvalue weighted by atomic mass is 79.9. The van der Waals surface area contributed by atoms with E-state index in [9.17, 15) is 4.79 Å². The Morgan fingerprint density at radius 2 is 2.29 bits per heavy atom. The van der Waals surface area contributed by atoms with Crippen LogP contribution in [0.2, 0.25) is 0 Å². The Morgan fingerprint density at radius 3 is 2.94 bits per heavy atom. The van der Waals surface area contributed by atoms with Crippen LogP contribution in [0.1, 0.15) is 24.8 Å².